The molecule has 0 aliphatic heterocycles. The summed E-state index contributed by atoms with van der Waals surface area (Å²) in [5.74, 6) is -0.158. The van der Waals surface area contributed by atoms with Crippen LogP contribution < -0.4 is 0 Å². The lowest BCUT2D eigenvalue weighted by molar-refractivity contribution is 0.321. The number of halogens is 1. The highest BCUT2D eigenvalue weighted by molar-refractivity contribution is 7.85. The predicted molar refractivity (Wildman–Crippen MR) is 79.2 cm³/mol. The molecule has 1 N–H and O–H groups in total. The lowest BCUT2D eigenvalue weighted by atomic mass is 9.81. The Kier molecular flexibility index (Phi) is 5.83. The molecule has 0 aliphatic carbocycles. The summed E-state index contributed by atoms with van der Waals surface area (Å²) in [7, 11) is -3.83. The van der Waals surface area contributed by atoms with Gasteiger partial charge in [0, 0.05) is 5.02 Å². The average Bonchev–Trinajstić information content (AvgIpc) is 2.26. The molecule has 1 rings (SSSR count). The molecule has 0 spiro atoms. The minimum atomic E-state index is -3.83. The van der Waals surface area contributed by atoms with Crippen LogP contribution in [0.1, 0.15) is 38.7 Å². The van der Waals surface area contributed by atoms with Gasteiger partial charge in [0.05, 0.1) is 5.75 Å². The van der Waals surface area contributed by atoms with E-state index in [1.54, 1.807) is 0 Å². The van der Waals surface area contributed by atoms with Crippen LogP contribution in [0.4, 0.5) is 0 Å². The summed E-state index contributed by atoms with van der Waals surface area (Å²) in [6, 6.07) is 7.77. The maximum absolute atomic E-state index is 10.6. The third-order valence-corrected chi connectivity index (χ3v) is 4.31. The first-order valence-corrected chi connectivity index (χ1v) is 8.37. The molecule has 1 aromatic rings. The van der Waals surface area contributed by atoms with Crippen molar-refractivity contribution in [2.24, 2.45) is 5.41 Å². The quantitative estimate of drug-likeness (QED) is 0.612. The highest BCUT2D eigenvalue weighted by Gasteiger charge is 2.19. The first-order chi connectivity index (χ1) is 8.70. The zero-order valence-electron chi connectivity index (χ0n) is 11.4. The monoisotopic (exact) mass is 304 g/mol. The van der Waals surface area contributed by atoms with E-state index in [2.05, 4.69) is 13.8 Å². The number of benzene rings is 1. The molecule has 0 aliphatic rings. The molecule has 0 unspecified atom stereocenters. The van der Waals surface area contributed by atoms with E-state index in [0.29, 0.717) is 6.42 Å². The lowest BCUT2D eigenvalue weighted by Crippen LogP contribution is -2.16. The second-order valence-corrected chi connectivity index (χ2v) is 7.65. The molecule has 0 radical (unpaired) electrons. The van der Waals surface area contributed by atoms with E-state index < -0.39 is 10.1 Å². The van der Waals surface area contributed by atoms with Crippen LogP contribution in [0, 0.1) is 5.41 Å². The van der Waals surface area contributed by atoms with Crippen LogP contribution in [0.5, 0.6) is 0 Å². The van der Waals surface area contributed by atoms with Crippen molar-refractivity contribution in [3.05, 3.63) is 34.9 Å². The largest absolute Gasteiger partial charge is 0.286 e. The minimum Gasteiger partial charge on any atom is -0.286 e. The smallest absolute Gasteiger partial charge is 0.264 e. The van der Waals surface area contributed by atoms with Crippen LogP contribution in [0.25, 0.3) is 0 Å². The molecular formula is C14H21ClO3S. The molecule has 19 heavy (non-hydrogen) atoms. The van der Waals surface area contributed by atoms with Gasteiger partial charge in [0.15, 0.2) is 0 Å². The fraction of sp³-hybridized carbons (Fsp3) is 0.571. The van der Waals surface area contributed by atoms with Crippen LogP contribution in [0.15, 0.2) is 24.3 Å². The van der Waals surface area contributed by atoms with Gasteiger partial charge < -0.3 is 0 Å². The maximum atomic E-state index is 10.6. The minimum absolute atomic E-state index is 0.0597. The molecule has 0 bridgehead atoms. The molecule has 0 fully saturated rings. The van der Waals surface area contributed by atoms with Gasteiger partial charge in [-0.1, -0.05) is 50.1 Å². The highest BCUT2D eigenvalue weighted by Crippen LogP contribution is 2.30. The van der Waals surface area contributed by atoms with Gasteiger partial charge in [0.1, 0.15) is 0 Å². The van der Waals surface area contributed by atoms with Crippen molar-refractivity contribution in [1.29, 1.82) is 0 Å². The van der Waals surface area contributed by atoms with Crippen LogP contribution in [-0.2, 0) is 16.5 Å². The van der Waals surface area contributed by atoms with Crippen molar-refractivity contribution in [3.8, 4) is 0 Å². The average molecular weight is 305 g/mol. The van der Waals surface area contributed by atoms with E-state index in [1.807, 2.05) is 24.3 Å². The van der Waals surface area contributed by atoms with Gasteiger partial charge in [-0.2, -0.15) is 8.42 Å². The van der Waals surface area contributed by atoms with Gasteiger partial charge in [0.2, 0.25) is 0 Å². The second kappa shape index (κ2) is 6.73. The Morgan fingerprint density at radius 3 is 2.42 bits per heavy atom. The molecule has 5 heteroatoms. The summed E-state index contributed by atoms with van der Waals surface area (Å²) in [6.45, 7) is 4.29. The van der Waals surface area contributed by atoms with Gasteiger partial charge in [-0.3, -0.25) is 4.55 Å². The zero-order valence-corrected chi connectivity index (χ0v) is 13.0. The third kappa shape index (κ3) is 6.95. The molecule has 0 aromatic heterocycles. The molecule has 0 amide bonds. The summed E-state index contributed by atoms with van der Waals surface area (Å²) in [5, 5.41) is 0.772. The number of rotatable bonds is 7. The highest BCUT2D eigenvalue weighted by atomic mass is 35.5. The number of hydrogen-bond acceptors (Lipinski definition) is 2. The SMILES string of the molecule is CC(C)(CCCCS(=O)(=O)O)Cc1ccccc1Cl. The summed E-state index contributed by atoms with van der Waals surface area (Å²) in [6.07, 6.45) is 3.02. The summed E-state index contributed by atoms with van der Waals surface area (Å²) in [5.41, 5.74) is 1.17. The Hall–Kier alpha value is -0.580. The fourth-order valence-electron chi connectivity index (χ4n) is 2.13. The number of hydrogen-bond donors (Lipinski definition) is 1. The van der Waals surface area contributed by atoms with Crippen LogP contribution >= 0.6 is 11.6 Å². The van der Waals surface area contributed by atoms with Gasteiger partial charge in [-0.15, -0.1) is 0 Å². The van der Waals surface area contributed by atoms with Crippen molar-refractivity contribution in [1.82, 2.24) is 0 Å². The van der Waals surface area contributed by atoms with Crippen molar-refractivity contribution >= 4 is 21.7 Å². The zero-order chi connectivity index (χ0) is 14.5. The Morgan fingerprint density at radius 2 is 1.84 bits per heavy atom. The predicted octanol–water partition coefficient (Wildman–Crippen LogP) is 3.97. The molecule has 108 valence electrons. The first-order valence-electron chi connectivity index (χ1n) is 6.38. The molecule has 0 atom stereocenters. The maximum Gasteiger partial charge on any atom is 0.264 e. The molecule has 3 nitrogen and oxygen atoms in total. The fourth-order valence-corrected chi connectivity index (χ4v) is 2.91. The number of unbranched alkanes of at least 4 members (excludes halogenated alkanes) is 1. The summed E-state index contributed by atoms with van der Waals surface area (Å²) >= 11 is 6.14. The van der Waals surface area contributed by atoms with Gasteiger partial charge >= 0.3 is 0 Å². The Balaban J connectivity index is 2.46. The van der Waals surface area contributed by atoms with E-state index in [9.17, 15) is 8.42 Å². The van der Waals surface area contributed by atoms with Crippen LogP contribution in [-0.4, -0.2) is 18.7 Å². The van der Waals surface area contributed by atoms with Gasteiger partial charge in [-0.25, -0.2) is 0 Å². The molecule has 0 saturated heterocycles. The second-order valence-electron chi connectivity index (χ2n) is 5.68. The van der Waals surface area contributed by atoms with Gasteiger partial charge in [-0.05, 0) is 36.3 Å². The standard InChI is InChI=1S/C14H21ClO3S/c1-14(2,9-5-6-10-19(16,17)18)11-12-7-3-4-8-13(12)15/h3-4,7-8H,5-6,9-11H2,1-2H3,(H,16,17,18). The Bertz CT molecular complexity index is 509. The van der Waals surface area contributed by atoms with E-state index in [4.69, 9.17) is 16.2 Å². The van der Waals surface area contributed by atoms with Crippen molar-refractivity contribution in [3.63, 3.8) is 0 Å². The van der Waals surface area contributed by atoms with Crippen molar-refractivity contribution < 1.29 is 13.0 Å². The lowest BCUT2D eigenvalue weighted by Gasteiger charge is -2.25. The first kappa shape index (κ1) is 16.5. The van der Waals surface area contributed by atoms with E-state index in [-0.39, 0.29) is 11.2 Å². The van der Waals surface area contributed by atoms with Gasteiger partial charge in [0.25, 0.3) is 10.1 Å². The van der Waals surface area contributed by atoms with E-state index in [0.717, 1.165) is 29.8 Å². The third-order valence-electron chi connectivity index (χ3n) is 3.13. The Morgan fingerprint density at radius 1 is 1.21 bits per heavy atom. The molecular weight excluding hydrogens is 284 g/mol. The van der Waals surface area contributed by atoms with Crippen LogP contribution in [0.3, 0.4) is 0 Å². The van der Waals surface area contributed by atoms with E-state index >= 15 is 0 Å². The Labute approximate surface area is 120 Å². The molecule has 0 saturated carbocycles. The van der Waals surface area contributed by atoms with Crippen LogP contribution in [0.2, 0.25) is 5.02 Å². The van der Waals surface area contributed by atoms with Crippen molar-refractivity contribution in [2.45, 2.75) is 39.5 Å². The topological polar surface area (TPSA) is 54.4 Å². The normalized spacial score (nSPS) is 12.6. The van der Waals surface area contributed by atoms with E-state index in [1.165, 1.54) is 0 Å². The summed E-state index contributed by atoms with van der Waals surface area (Å²) < 4.78 is 29.9. The molecule has 1 aromatic carbocycles. The van der Waals surface area contributed by atoms with Crippen molar-refractivity contribution in [2.75, 3.05) is 5.75 Å². The molecule has 0 heterocycles. The summed E-state index contributed by atoms with van der Waals surface area (Å²) in [4.78, 5) is 0.